The van der Waals surface area contributed by atoms with E-state index in [-0.39, 0.29) is 17.8 Å². The van der Waals surface area contributed by atoms with Gasteiger partial charge in [-0.25, -0.2) is 4.39 Å². The Morgan fingerprint density at radius 3 is 1.81 bits per heavy atom. The molecular formula is C30H35FN4O. The highest BCUT2D eigenvalue weighted by molar-refractivity contribution is 5.76. The van der Waals surface area contributed by atoms with Crippen LogP contribution in [0.15, 0.2) is 84.9 Å². The molecule has 5 rings (SSSR count). The maximum atomic E-state index is 13.2. The Bertz CT molecular complexity index is 1050. The van der Waals surface area contributed by atoms with E-state index >= 15 is 0 Å². The molecule has 2 fully saturated rings. The van der Waals surface area contributed by atoms with Crippen LogP contribution >= 0.6 is 0 Å². The molecule has 3 aromatic carbocycles. The number of carbonyl (C=O) groups excluding carboxylic acids is 1. The van der Waals surface area contributed by atoms with E-state index in [0.717, 1.165) is 64.6 Å². The Hall–Kier alpha value is -3.22. The van der Waals surface area contributed by atoms with Gasteiger partial charge in [0.05, 0.1) is 6.04 Å². The van der Waals surface area contributed by atoms with Gasteiger partial charge in [-0.3, -0.25) is 9.69 Å². The molecule has 2 aliphatic rings. The monoisotopic (exact) mass is 486 g/mol. The Labute approximate surface area is 213 Å². The van der Waals surface area contributed by atoms with Gasteiger partial charge in [-0.05, 0) is 35.4 Å². The summed E-state index contributed by atoms with van der Waals surface area (Å²) in [6.45, 7) is 7.75. The summed E-state index contributed by atoms with van der Waals surface area (Å²) in [5.41, 5.74) is 3.67. The summed E-state index contributed by atoms with van der Waals surface area (Å²) in [4.78, 5) is 22.1. The van der Waals surface area contributed by atoms with Crippen LogP contribution in [0.2, 0.25) is 0 Å². The van der Waals surface area contributed by atoms with Crippen molar-refractivity contribution < 1.29 is 9.18 Å². The van der Waals surface area contributed by atoms with E-state index < -0.39 is 0 Å². The molecule has 0 atom stereocenters. The van der Waals surface area contributed by atoms with Crippen LogP contribution in [0.25, 0.3) is 0 Å². The second-order valence-corrected chi connectivity index (χ2v) is 9.70. The second kappa shape index (κ2) is 11.7. The molecule has 0 bridgehead atoms. The van der Waals surface area contributed by atoms with E-state index in [1.165, 1.54) is 23.3 Å². The minimum atomic E-state index is -0.218. The molecule has 0 aromatic heterocycles. The van der Waals surface area contributed by atoms with Crippen molar-refractivity contribution >= 4 is 11.6 Å². The van der Waals surface area contributed by atoms with Gasteiger partial charge in [0.25, 0.3) is 0 Å². The number of anilines is 1. The van der Waals surface area contributed by atoms with Crippen LogP contribution in [0.5, 0.6) is 0 Å². The van der Waals surface area contributed by atoms with Crippen molar-refractivity contribution in [2.45, 2.75) is 12.5 Å². The molecule has 0 radical (unpaired) electrons. The summed E-state index contributed by atoms with van der Waals surface area (Å²) in [6, 6.07) is 28.4. The first-order valence-electron chi connectivity index (χ1n) is 13.0. The van der Waals surface area contributed by atoms with Crippen molar-refractivity contribution in [1.29, 1.82) is 0 Å². The quantitative estimate of drug-likeness (QED) is 0.499. The average molecular weight is 487 g/mol. The summed E-state index contributed by atoms with van der Waals surface area (Å²) in [6.07, 6.45) is 0.567. The highest BCUT2D eigenvalue weighted by Crippen LogP contribution is 2.29. The number of hydrogen-bond donors (Lipinski definition) is 0. The van der Waals surface area contributed by atoms with E-state index in [1.807, 2.05) is 17.0 Å². The Balaban J connectivity index is 1.10. The van der Waals surface area contributed by atoms with E-state index in [4.69, 9.17) is 0 Å². The lowest BCUT2D eigenvalue weighted by atomic mass is 9.96. The first kappa shape index (κ1) is 24.5. The van der Waals surface area contributed by atoms with Gasteiger partial charge < -0.3 is 14.7 Å². The van der Waals surface area contributed by atoms with Crippen molar-refractivity contribution in [3.63, 3.8) is 0 Å². The SMILES string of the molecule is O=C(CCN1CCN(C(c2ccccc2)c2ccccc2)CC1)N1CCN(c2ccc(F)cc2)CC1. The van der Waals surface area contributed by atoms with Crippen LogP contribution in [-0.4, -0.2) is 79.5 Å². The topological polar surface area (TPSA) is 30.0 Å². The zero-order valence-corrected chi connectivity index (χ0v) is 20.8. The largest absolute Gasteiger partial charge is 0.368 e. The van der Waals surface area contributed by atoms with Crippen molar-refractivity contribution in [2.24, 2.45) is 0 Å². The normalized spacial score (nSPS) is 17.5. The number of rotatable bonds is 7. The Kier molecular flexibility index (Phi) is 7.94. The van der Waals surface area contributed by atoms with E-state index in [9.17, 15) is 9.18 Å². The maximum Gasteiger partial charge on any atom is 0.223 e. The predicted octanol–water partition coefficient (Wildman–Crippen LogP) is 4.27. The summed E-state index contributed by atoms with van der Waals surface area (Å²) in [5, 5.41) is 0. The summed E-state index contributed by atoms with van der Waals surface area (Å²) in [5.74, 6) is 0.0201. The molecule has 2 aliphatic heterocycles. The zero-order chi connectivity index (χ0) is 24.7. The number of benzene rings is 3. The van der Waals surface area contributed by atoms with Gasteiger partial charge >= 0.3 is 0 Å². The van der Waals surface area contributed by atoms with E-state index in [2.05, 4.69) is 75.4 Å². The smallest absolute Gasteiger partial charge is 0.223 e. The minimum absolute atomic E-state index is 0.218. The van der Waals surface area contributed by atoms with E-state index in [0.29, 0.717) is 6.42 Å². The Morgan fingerprint density at radius 1 is 0.694 bits per heavy atom. The fraction of sp³-hybridized carbons (Fsp3) is 0.367. The van der Waals surface area contributed by atoms with Crippen molar-refractivity contribution in [3.05, 3.63) is 102 Å². The highest BCUT2D eigenvalue weighted by Gasteiger charge is 2.27. The molecule has 0 N–H and O–H groups in total. The standard InChI is InChI=1S/C30H35FN4O/c31-27-11-13-28(14-12-27)33-21-23-34(24-22-33)29(36)15-16-32-17-19-35(20-18-32)30(25-7-3-1-4-8-25)26-9-5-2-6-10-26/h1-14,30H,15-24H2. The van der Waals surface area contributed by atoms with Crippen LogP contribution in [0.4, 0.5) is 10.1 Å². The van der Waals surface area contributed by atoms with Gasteiger partial charge in [-0.15, -0.1) is 0 Å². The van der Waals surface area contributed by atoms with Crippen LogP contribution in [0.1, 0.15) is 23.6 Å². The first-order valence-corrected chi connectivity index (χ1v) is 13.0. The molecule has 0 aliphatic carbocycles. The number of halogens is 1. The number of piperazine rings is 2. The zero-order valence-electron chi connectivity index (χ0n) is 20.8. The van der Waals surface area contributed by atoms with Gasteiger partial charge in [0.1, 0.15) is 5.82 Å². The molecule has 5 nitrogen and oxygen atoms in total. The molecular weight excluding hydrogens is 451 g/mol. The number of carbonyl (C=O) groups is 1. The molecule has 3 aromatic rings. The molecule has 0 unspecified atom stereocenters. The molecule has 188 valence electrons. The molecule has 36 heavy (non-hydrogen) atoms. The molecule has 0 spiro atoms. The lowest BCUT2D eigenvalue weighted by Crippen LogP contribution is -2.51. The number of amides is 1. The second-order valence-electron chi connectivity index (χ2n) is 9.70. The van der Waals surface area contributed by atoms with Crippen LogP contribution in [0.3, 0.4) is 0 Å². The molecule has 0 saturated carbocycles. The summed E-state index contributed by atoms with van der Waals surface area (Å²) < 4.78 is 13.2. The van der Waals surface area contributed by atoms with Crippen molar-refractivity contribution in [3.8, 4) is 0 Å². The predicted molar refractivity (Wildman–Crippen MR) is 143 cm³/mol. The van der Waals surface area contributed by atoms with Crippen LogP contribution < -0.4 is 4.90 Å². The number of nitrogens with zero attached hydrogens (tertiary/aromatic N) is 4. The maximum absolute atomic E-state index is 13.2. The van der Waals surface area contributed by atoms with Gasteiger partial charge in [0, 0.05) is 71.0 Å². The fourth-order valence-electron chi connectivity index (χ4n) is 5.41. The fourth-order valence-corrected chi connectivity index (χ4v) is 5.41. The highest BCUT2D eigenvalue weighted by atomic mass is 19.1. The molecule has 2 saturated heterocycles. The third kappa shape index (κ3) is 5.94. The lowest BCUT2D eigenvalue weighted by molar-refractivity contribution is -0.131. The summed E-state index contributed by atoms with van der Waals surface area (Å²) in [7, 11) is 0. The molecule has 6 heteroatoms. The molecule has 1 amide bonds. The van der Waals surface area contributed by atoms with Crippen LogP contribution in [0, 0.1) is 5.82 Å². The van der Waals surface area contributed by atoms with Crippen LogP contribution in [-0.2, 0) is 4.79 Å². The third-order valence-electron chi connectivity index (χ3n) is 7.47. The minimum Gasteiger partial charge on any atom is -0.368 e. The third-order valence-corrected chi connectivity index (χ3v) is 7.47. The van der Waals surface area contributed by atoms with Gasteiger partial charge in [-0.2, -0.15) is 0 Å². The lowest BCUT2D eigenvalue weighted by Gasteiger charge is -2.40. The van der Waals surface area contributed by atoms with Crippen molar-refractivity contribution in [1.82, 2.24) is 14.7 Å². The van der Waals surface area contributed by atoms with Crippen molar-refractivity contribution in [2.75, 3.05) is 63.8 Å². The van der Waals surface area contributed by atoms with Gasteiger partial charge in [-0.1, -0.05) is 60.7 Å². The number of hydrogen-bond acceptors (Lipinski definition) is 4. The summed E-state index contributed by atoms with van der Waals surface area (Å²) >= 11 is 0. The first-order chi connectivity index (χ1) is 17.7. The van der Waals surface area contributed by atoms with E-state index in [1.54, 1.807) is 0 Å². The van der Waals surface area contributed by atoms with Gasteiger partial charge in [0.2, 0.25) is 5.91 Å². The van der Waals surface area contributed by atoms with Gasteiger partial charge in [0.15, 0.2) is 0 Å². The Morgan fingerprint density at radius 2 is 1.25 bits per heavy atom. The molecule has 2 heterocycles. The average Bonchev–Trinajstić information content (AvgIpc) is 2.94.